The molecule has 0 aromatic heterocycles. The van der Waals surface area contributed by atoms with Gasteiger partial charge in [0.25, 0.3) is 0 Å². The number of rotatable bonds is 5. The predicted octanol–water partition coefficient (Wildman–Crippen LogP) is 6.52. The highest BCUT2D eigenvalue weighted by atomic mass is 16.5. The number of esters is 1. The van der Waals surface area contributed by atoms with E-state index in [1.54, 1.807) is 0 Å². The molecule has 0 unspecified atom stereocenters. The highest BCUT2D eigenvalue weighted by molar-refractivity contribution is 5.72. The molecule has 2 nitrogen and oxygen atoms in total. The Kier molecular flexibility index (Phi) is 7.25. The van der Waals surface area contributed by atoms with E-state index in [2.05, 4.69) is 13.8 Å². The maximum Gasteiger partial charge on any atom is 0.309 e. The van der Waals surface area contributed by atoms with Crippen LogP contribution in [-0.2, 0) is 9.53 Å². The molecule has 0 heterocycles. The summed E-state index contributed by atoms with van der Waals surface area (Å²) in [4.78, 5) is 12.5. The molecule has 25 heavy (non-hydrogen) atoms. The lowest BCUT2D eigenvalue weighted by atomic mass is 9.76. The molecule has 3 fully saturated rings. The Morgan fingerprint density at radius 2 is 1.12 bits per heavy atom. The number of carbonyl (C=O) groups excluding carboxylic acids is 1. The van der Waals surface area contributed by atoms with Gasteiger partial charge in [0.15, 0.2) is 0 Å². The largest absolute Gasteiger partial charge is 0.462 e. The van der Waals surface area contributed by atoms with Crippen molar-refractivity contribution >= 4 is 5.97 Å². The van der Waals surface area contributed by atoms with Gasteiger partial charge >= 0.3 is 5.97 Å². The van der Waals surface area contributed by atoms with E-state index in [1.165, 1.54) is 64.2 Å². The van der Waals surface area contributed by atoms with Crippen molar-refractivity contribution in [1.29, 1.82) is 0 Å². The molecular weight excluding hydrogens is 308 g/mol. The van der Waals surface area contributed by atoms with Crippen LogP contribution < -0.4 is 0 Å². The Balaban J connectivity index is 1.30. The van der Waals surface area contributed by atoms with Crippen LogP contribution in [0.3, 0.4) is 0 Å². The third kappa shape index (κ3) is 6.00. The zero-order valence-electron chi connectivity index (χ0n) is 16.7. The molecule has 0 spiro atoms. The third-order valence-electron chi connectivity index (χ3n) is 7.54. The second kappa shape index (κ2) is 9.42. The molecule has 0 N–H and O–H groups in total. The van der Waals surface area contributed by atoms with E-state index in [0.29, 0.717) is 0 Å². The van der Waals surface area contributed by atoms with Gasteiger partial charge in [-0.05, 0) is 75.0 Å². The van der Waals surface area contributed by atoms with E-state index in [1.807, 2.05) is 0 Å². The minimum Gasteiger partial charge on any atom is -0.462 e. The molecule has 3 saturated carbocycles. The van der Waals surface area contributed by atoms with Crippen LogP contribution in [0.2, 0.25) is 0 Å². The van der Waals surface area contributed by atoms with Crippen LogP contribution in [0.4, 0.5) is 0 Å². The molecule has 0 bridgehead atoms. The fourth-order valence-corrected chi connectivity index (χ4v) is 5.38. The van der Waals surface area contributed by atoms with Crippen LogP contribution in [-0.4, -0.2) is 12.1 Å². The second-order valence-corrected chi connectivity index (χ2v) is 9.74. The van der Waals surface area contributed by atoms with Gasteiger partial charge in [0.05, 0.1) is 5.92 Å². The molecule has 0 amide bonds. The Hall–Kier alpha value is -0.530. The lowest BCUT2D eigenvalue weighted by Crippen LogP contribution is -2.29. The van der Waals surface area contributed by atoms with Gasteiger partial charge in [-0.3, -0.25) is 4.79 Å². The van der Waals surface area contributed by atoms with E-state index in [4.69, 9.17) is 4.74 Å². The summed E-state index contributed by atoms with van der Waals surface area (Å²) in [6.07, 6.45) is 18.2. The highest BCUT2D eigenvalue weighted by Crippen LogP contribution is 2.37. The fraction of sp³-hybridized carbons (Fsp3) is 0.957. The zero-order chi connectivity index (χ0) is 17.6. The standard InChI is InChI=1S/C23H40O2/c1-17-3-7-19(8-4-17)9-10-20-11-13-21(14-12-20)23(24)25-22-15-5-18(2)6-16-22/h17-22H,3-16H2,1-2H3. The number of ether oxygens (including phenoxy) is 1. The molecule has 0 aromatic rings. The van der Waals surface area contributed by atoms with Crippen molar-refractivity contribution < 1.29 is 9.53 Å². The van der Waals surface area contributed by atoms with Crippen LogP contribution in [0.1, 0.15) is 104 Å². The Bertz CT molecular complexity index is 394. The van der Waals surface area contributed by atoms with Gasteiger partial charge in [0.1, 0.15) is 6.10 Å². The first-order valence-electron chi connectivity index (χ1n) is 11.3. The molecular formula is C23H40O2. The Morgan fingerprint density at radius 1 is 0.680 bits per heavy atom. The quantitative estimate of drug-likeness (QED) is 0.529. The van der Waals surface area contributed by atoms with Crippen molar-refractivity contribution in [3.63, 3.8) is 0 Å². The smallest absolute Gasteiger partial charge is 0.309 e. The molecule has 144 valence electrons. The fourth-order valence-electron chi connectivity index (χ4n) is 5.38. The molecule has 2 heteroatoms. The van der Waals surface area contributed by atoms with E-state index < -0.39 is 0 Å². The van der Waals surface area contributed by atoms with Crippen LogP contribution in [0, 0.1) is 29.6 Å². The molecule has 0 saturated heterocycles. The van der Waals surface area contributed by atoms with E-state index in [9.17, 15) is 4.79 Å². The summed E-state index contributed by atoms with van der Waals surface area (Å²) in [6.45, 7) is 4.72. The average molecular weight is 349 g/mol. The van der Waals surface area contributed by atoms with Crippen molar-refractivity contribution in [2.24, 2.45) is 29.6 Å². The van der Waals surface area contributed by atoms with Gasteiger partial charge in [-0.25, -0.2) is 0 Å². The topological polar surface area (TPSA) is 26.3 Å². The first kappa shape index (κ1) is 19.2. The first-order valence-corrected chi connectivity index (χ1v) is 11.3. The molecule has 0 aliphatic heterocycles. The lowest BCUT2D eigenvalue weighted by Gasteiger charge is -2.32. The van der Waals surface area contributed by atoms with Crippen LogP contribution in [0.15, 0.2) is 0 Å². The minimum absolute atomic E-state index is 0.124. The summed E-state index contributed by atoms with van der Waals surface area (Å²) in [5, 5.41) is 0. The van der Waals surface area contributed by atoms with Crippen LogP contribution >= 0.6 is 0 Å². The summed E-state index contributed by atoms with van der Waals surface area (Å²) in [5.41, 5.74) is 0. The van der Waals surface area contributed by atoms with E-state index >= 15 is 0 Å². The number of hydrogen-bond donors (Lipinski definition) is 0. The number of carbonyl (C=O) groups is 1. The predicted molar refractivity (Wildman–Crippen MR) is 103 cm³/mol. The van der Waals surface area contributed by atoms with Crippen LogP contribution in [0.25, 0.3) is 0 Å². The van der Waals surface area contributed by atoms with Crippen molar-refractivity contribution in [2.45, 2.75) is 110 Å². The summed E-state index contributed by atoms with van der Waals surface area (Å²) >= 11 is 0. The van der Waals surface area contributed by atoms with Crippen molar-refractivity contribution in [2.75, 3.05) is 0 Å². The maximum atomic E-state index is 12.5. The summed E-state index contributed by atoms with van der Waals surface area (Å²) in [6, 6.07) is 0. The van der Waals surface area contributed by atoms with Gasteiger partial charge in [0.2, 0.25) is 0 Å². The maximum absolute atomic E-state index is 12.5. The average Bonchev–Trinajstić information content (AvgIpc) is 2.63. The molecule has 3 rings (SSSR count). The normalized spacial score (nSPS) is 39.8. The van der Waals surface area contributed by atoms with Crippen molar-refractivity contribution in [1.82, 2.24) is 0 Å². The molecule has 0 radical (unpaired) electrons. The highest BCUT2D eigenvalue weighted by Gasteiger charge is 2.30. The van der Waals surface area contributed by atoms with Gasteiger partial charge < -0.3 is 4.74 Å². The minimum atomic E-state index is 0.124. The Morgan fingerprint density at radius 3 is 1.64 bits per heavy atom. The van der Waals surface area contributed by atoms with Crippen LogP contribution in [0.5, 0.6) is 0 Å². The van der Waals surface area contributed by atoms with E-state index in [0.717, 1.165) is 49.4 Å². The van der Waals surface area contributed by atoms with Crippen molar-refractivity contribution in [3.05, 3.63) is 0 Å². The summed E-state index contributed by atoms with van der Waals surface area (Å²) < 4.78 is 5.84. The number of hydrogen-bond acceptors (Lipinski definition) is 2. The molecule has 3 aliphatic carbocycles. The van der Waals surface area contributed by atoms with Gasteiger partial charge in [-0.1, -0.05) is 52.4 Å². The summed E-state index contributed by atoms with van der Waals surface area (Å²) in [7, 11) is 0. The molecule has 3 aliphatic rings. The summed E-state index contributed by atoms with van der Waals surface area (Å²) in [5.74, 6) is 3.97. The zero-order valence-corrected chi connectivity index (χ0v) is 16.7. The van der Waals surface area contributed by atoms with Gasteiger partial charge in [-0.15, -0.1) is 0 Å². The van der Waals surface area contributed by atoms with Gasteiger partial charge in [-0.2, -0.15) is 0 Å². The Labute approximate surface area is 155 Å². The van der Waals surface area contributed by atoms with Crippen molar-refractivity contribution in [3.8, 4) is 0 Å². The molecule has 0 aromatic carbocycles. The SMILES string of the molecule is CC1CCC(CCC2CCC(C(=O)OC3CCC(C)CC3)CC2)CC1. The second-order valence-electron chi connectivity index (χ2n) is 9.74. The van der Waals surface area contributed by atoms with E-state index in [-0.39, 0.29) is 18.0 Å². The molecule has 0 atom stereocenters. The monoisotopic (exact) mass is 348 g/mol. The lowest BCUT2D eigenvalue weighted by molar-refractivity contribution is -0.157. The van der Waals surface area contributed by atoms with Gasteiger partial charge in [0, 0.05) is 0 Å². The first-order chi connectivity index (χ1) is 12.1. The third-order valence-corrected chi connectivity index (χ3v) is 7.54.